The molecule has 1 heterocycles. The molecule has 0 aliphatic rings. The van der Waals surface area contributed by atoms with Crippen LogP contribution < -0.4 is 20.1 Å². The maximum atomic E-state index is 12.9. The first kappa shape index (κ1) is 22.0. The molecule has 31 heavy (non-hydrogen) atoms. The fraction of sp³-hybridized carbons (Fsp3) is 0.0870. The van der Waals surface area contributed by atoms with E-state index in [9.17, 15) is 9.59 Å². The quantitative estimate of drug-likeness (QED) is 0.491. The Labute approximate surface area is 188 Å². The van der Waals surface area contributed by atoms with E-state index >= 15 is 0 Å². The first-order valence-electron chi connectivity index (χ1n) is 9.22. The lowest BCUT2D eigenvalue weighted by Gasteiger charge is -2.13. The molecule has 0 saturated carbocycles. The minimum absolute atomic E-state index is 0.0655. The number of nitrogens with one attached hydrogen (secondary N) is 2. The average molecular weight is 482 g/mol. The zero-order valence-corrected chi connectivity index (χ0v) is 18.5. The Balaban J connectivity index is 1.87. The topological polar surface area (TPSA) is 89.5 Å². The SMILES string of the molecule is COc1ccc(C(=O)NC(=Cc2cccnc2)C(=O)Nc2ccc(Br)cc2)cc1OC. The fourth-order valence-electron chi connectivity index (χ4n) is 2.69. The Morgan fingerprint density at radius 2 is 1.74 bits per heavy atom. The first-order valence-corrected chi connectivity index (χ1v) is 10.0. The minimum Gasteiger partial charge on any atom is -0.493 e. The summed E-state index contributed by atoms with van der Waals surface area (Å²) in [4.78, 5) is 29.8. The van der Waals surface area contributed by atoms with Gasteiger partial charge in [0.25, 0.3) is 11.8 Å². The van der Waals surface area contributed by atoms with Gasteiger partial charge in [-0.25, -0.2) is 0 Å². The van der Waals surface area contributed by atoms with Crippen LogP contribution in [-0.2, 0) is 4.79 Å². The molecule has 2 amide bonds. The zero-order valence-electron chi connectivity index (χ0n) is 16.9. The number of carbonyl (C=O) groups excluding carboxylic acids is 2. The number of carbonyl (C=O) groups is 2. The number of amides is 2. The summed E-state index contributed by atoms with van der Waals surface area (Å²) >= 11 is 3.36. The molecule has 7 nitrogen and oxygen atoms in total. The average Bonchev–Trinajstić information content (AvgIpc) is 2.80. The molecule has 2 N–H and O–H groups in total. The Bertz CT molecular complexity index is 1100. The standard InChI is InChI=1S/C23H20BrN3O4/c1-30-20-10-5-16(13-21(20)31-2)22(28)27-19(12-15-4-3-11-25-14-15)23(29)26-18-8-6-17(24)7-9-18/h3-14H,1-2H3,(H,26,29)(H,27,28). The van der Waals surface area contributed by atoms with Crippen molar-refractivity contribution in [3.63, 3.8) is 0 Å². The van der Waals surface area contributed by atoms with Gasteiger partial charge in [-0.05, 0) is 60.2 Å². The van der Waals surface area contributed by atoms with Crippen molar-refractivity contribution in [2.75, 3.05) is 19.5 Å². The van der Waals surface area contributed by atoms with E-state index in [4.69, 9.17) is 9.47 Å². The number of hydrogen-bond donors (Lipinski definition) is 2. The van der Waals surface area contributed by atoms with Crippen molar-refractivity contribution >= 4 is 39.5 Å². The van der Waals surface area contributed by atoms with E-state index in [0.717, 1.165) is 4.47 Å². The summed E-state index contributed by atoms with van der Waals surface area (Å²) in [6.07, 6.45) is 4.77. The van der Waals surface area contributed by atoms with E-state index in [1.165, 1.54) is 14.2 Å². The van der Waals surface area contributed by atoms with Gasteiger partial charge in [0.2, 0.25) is 0 Å². The third kappa shape index (κ3) is 5.93. The van der Waals surface area contributed by atoms with Crippen LogP contribution in [0.25, 0.3) is 6.08 Å². The lowest BCUT2D eigenvalue weighted by Crippen LogP contribution is -2.30. The molecule has 1 aromatic heterocycles. The van der Waals surface area contributed by atoms with Crippen molar-refractivity contribution in [3.05, 3.63) is 88.3 Å². The second-order valence-electron chi connectivity index (χ2n) is 6.33. The molecule has 0 spiro atoms. The lowest BCUT2D eigenvalue weighted by molar-refractivity contribution is -0.113. The first-order chi connectivity index (χ1) is 15.0. The maximum absolute atomic E-state index is 12.9. The van der Waals surface area contributed by atoms with Gasteiger partial charge in [-0.1, -0.05) is 22.0 Å². The van der Waals surface area contributed by atoms with Gasteiger partial charge in [-0.15, -0.1) is 0 Å². The second kappa shape index (κ2) is 10.4. The summed E-state index contributed by atoms with van der Waals surface area (Å²) in [6, 6.07) is 15.4. The van der Waals surface area contributed by atoms with Gasteiger partial charge in [-0.3, -0.25) is 14.6 Å². The maximum Gasteiger partial charge on any atom is 0.272 e. The predicted molar refractivity (Wildman–Crippen MR) is 122 cm³/mol. The van der Waals surface area contributed by atoms with Crippen LogP contribution in [0, 0.1) is 0 Å². The number of benzene rings is 2. The predicted octanol–water partition coefficient (Wildman–Crippen LogP) is 4.27. The summed E-state index contributed by atoms with van der Waals surface area (Å²) in [5.41, 5.74) is 1.63. The van der Waals surface area contributed by atoms with E-state index in [-0.39, 0.29) is 5.70 Å². The van der Waals surface area contributed by atoms with Gasteiger partial charge in [0.15, 0.2) is 11.5 Å². The van der Waals surface area contributed by atoms with Crippen LogP contribution in [0.1, 0.15) is 15.9 Å². The van der Waals surface area contributed by atoms with Gasteiger partial charge >= 0.3 is 0 Å². The summed E-state index contributed by atoms with van der Waals surface area (Å²) < 4.78 is 11.3. The van der Waals surface area contributed by atoms with Crippen molar-refractivity contribution in [1.82, 2.24) is 10.3 Å². The van der Waals surface area contributed by atoms with Crippen LogP contribution >= 0.6 is 15.9 Å². The molecule has 0 atom stereocenters. The van der Waals surface area contributed by atoms with E-state index < -0.39 is 11.8 Å². The number of pyridine rings is 1. The fourth-order valence-corrected chi connectivity index (χ4v) is 2.95. The van der Waals surface area contributed by atoms with Gasteiger partial charge < -0.3 is 20.1 Å². The number of nitrogens with zero attached hydrogens (tertiary/aromatic N) is 1. The summed E-state index contributed by atoms with van der Waals surface area (Å²) in [6.45, 7) is 0. The molecule has 158 valence electrons. The number of methoxy groups -OCH3 is 2. The van der Waals surface area contributed by atoms with Crippen LogP contribution in [0.5, 0.6) is 11.5 Å². The summed E-state index contributed by atoms with van der Waals surface area (Å²) in [7, 11) is 3.00. The highest BCUT2D eigenvalue weighted by molar-refractivity contribution is 9.10. The largest absolute Gasteiger partial charge is 0.493 e. The molecule has 0 fully saturated rings. The molecule has 0 saturated heterocycles. The number of rotatable bonds is 7. The zero-order chi connectivity index (χ0) is 22.2. The van der Waals surface area contributed by atoms with Crippen LogP contribution in [-0.4, -0.2) is 31.0 Å². The van der Waals surface area contributed by atoms with Crippen molar-refractivity contribution < 1.29 is 19.1 Å². The van der Waals surface area contributed by atoms with Gasteiger partial charge in [0.1, 0.15) is 5.70 Å². The molecule has 8 heteroatoms. The molecule has 3 aromatic rings. The Kier molecular flexibility index (Phi) is 7.40. The van der Waals surface area contributed by atoms with Crippen LogP contribution in [0.2, 0.25) is 0 Å². The number of halogens is 1. The second-order valence-corrected chi connectivity index (χ2v) is 7.24. The van der Waals surface area contributed by atoms with Crippen molar-refractivity contribution in [3.8, 4) is 11.5 Å². The molecule has 2 aromatic carbocycles. The molecular weight excluding hydrogens is 462 g/mol. The molecule has 0 unspecified atom stereocenters. The molecule has 0 radical (unpaired) electrons. The molecule has 3 rings (SSSR count). The van der Waals surface area contributed by atoms with Crippen LogP contribution in [0.3, 0.4) is 0 Å². The highest BCUT2D eigenvalue weighted by Crippen LogP contribution is 2.27. The highest BCUT2D eigenvalue weighted by atomic mass is 79.9. The van der Waals surface area contributed by atoms with E-state index in [0.29, 0.717) is 28.3 Å². The Morgan fingerprint density at radius 3 is 2.39 bits per heavy atom. The number of anilines is 1. The number of ether oxygens (including phenoxy) is 2. The third-order valence-corrected chi connectivity index (χ3v) is 4.76. The molecule has 0 bridgehead atoms. The molecule has 0 aliphatic heterocycles. The summed E-state index contributed by atoms with van der Waals surface area (Å²) in [5.74, 6) is -0.0348. The van der Waals surface area contributed by atoms with E-state index in [1.54, 1.807) is 60.9 Å². The monoisotopic (exact) mass is 481 g/mol. The smallest absolute Gasteiger partial charge is 0.272 e. The molecular formula is C23H20BrN3O4. The van der Waals surface area contributed by atoms with Crippen molar-refractivity contribution in [1.29, 1.82) is 0 Å². The Morgan fingerprint density at radius 1 is 1.00 bits per heavy atom. The Hall–Kier alpha value is -3.65. The van der Waals surface area contributed by atoms with E-state index in [2.05, 4.69) is 31.5 Å². The lowest BCUT2D eigenvalue weighted by atomic mass is 10.1. The van der Waals surface area contributed by atoms with Crippen molar-refractivity contribution in [2.45, 2.75) is 0 Å². The highest BCUT2D eigenvalue weighted by Gasteiger charge is 2.17. The number of hydrogen-bond acceptors (Lipinski definition) is 5. The minimum atomic E-state index is -0.472. The van der Waals surface area contributed by atoms with Gasteiger partial charge in [0.05, 0.1) is 14.2 Å². The van der Waals surface area contributed by atoms with Gasteiger partial charge in [-0.2, -0.15) is 0 Å². The van der Waals surface area contributed by atoms with Crippen LogP contribution in [0.15, 0.2) is 77.2 Å². The van der Waals surface area contributed by atoms with Crippen LogP contribution in [0.4, 0.5) is 5.69 Å². The van der Waals surface area contributed by atoms with Crippen molar-refractivity contribution in [2.24, 2.45) is 0 Å². The molecule has 0 aliphatic carbocycles. The third-order valence-electron chi connectivity index (χ3n) is 4.24. The van der Waals surface area contributed by atoms with Gasteiger partial charge in [0, 0.05) is 28.1 Å². The van der Waals surface area contributed by atoms with E-state index in [1.807, 2.05) is 12.1 Å². The normalized spacial score (nSPS) is 10.9. The number of aromatic nitrogens is 1. The summed E-state index contributed by atoms with van der Waals surface area (Å²) in [5, 5.41) is 5.46.